The van der Waals surface area contributed by atoms with Gasteiger partial charge in [-0.05, 0) is 25.0 Å². The minimum Gasteiger partial charge on any atom is -0.476 e. The lowest BCUT2D eigenvalue weighted by Gasteiger charge is -2.14. The van der Waals surface area contributed by atoms with Crippen LogP contribution in [0, 0.1) is 5.92 Å². The molecule has 0 unspecified atom stereocenters. The van der Waals surface area contributed by atoms with Crippen LogP contribution >= 0.6 is 11.8 Å². The van der Waals surface area contributed by atoms with E-state index in [0.29, 0.717) is 23.2 Å². The van der Waals surface area contributed by atoms with E-state index in [2.05, 4.69) is 35.4 Å². The number of hydrogen-bond acceptors (Lipinski definition) is 5. The smallest absolute Gasteiger partial charge is 0.234 e. The molecule has 100 valence electrons. The molecule has 1 aliphatic carbocycles. The molecule has 0 aromatic carbocycles. The van der Waals surface area contributed by atoms with Crippen molar-refractivity contribution in [3.05, 3.63) is 12.4 Å². The molecule has 5 heteroatoms. The Morgan fingerprint density at radius 2 is 2.22 bits per heavy atom. The van der Waals surface area contributed by atoms with Crippen LogP contribution in [-0.4, -0.2) is 34.1 Å². The predicted molar refractivity (Wildman–Crippen MR) is 76.3 cm³/mol. The fraction of sp³-hybridized carbons (Fsp3) is 0.692. The highest BCUT2D eigenvalue weighted by Crippen LogP contribution is 2.46. The molecule has 0 aliphatic heterocycles. The van der Waals surface area contributed by atoms with Crippen LogP contribution in [0.1, 0.15) is 26.7 Å². The van der Waals surface area contributed by atoms with Crippen LogP contribution in [0.3, 0.4) is 0 Å². The molecule has 0 bridgehead atoms. The van der Waals surface area contributed by atoms with Gasteiger partial charge in [0.1, 0.15) is 5.82 Å². The normalized spacial score (nSPS) is 16.7. The van der Waals surface area contributed by atoms with Crippen molar-refractivity contribution in [2.24, 2.45) is 5.92 Å². The molecule has 1 fully saturated rings. The molecule has 1 aromatic rings. The number of rotatable bonds is 7. The molecule has 1 N–H and O–H groups in total. The van der Waals surface area contributed by atoms with Crippen LogP contribution in [0.25, 0.3) is 0 Å². The summed E-state index contributed by atoms with van der Waals surface area (Å²) in [7, 11) is 0. The van der Waals surface area contributed by atoms with Crippen molar-refractivity contribution < 1.29 is 4.74 Å². The molecule has 0 atom stereocenters. The summed E-state index contributed by atoms with van der Waals surface area (Å²) in [6, 6.07) is 0. The number of anilines is 1. The number of aromatic nitrogens is 2. The lowest BCUT2D eigenvalue weighted by molar-refractivity contribution is 0.260. The Labute approximate surface area is 113 Å². The van der Waals surface area contributed by atoms with Crippen molar-refractivity contribution in [3.63, 3.8) is 0 Å². The predicted octanol–water partition coefficient (Wildman–Crippen LogP) is 2.82. The Bertz CT molecular complexity index is 394. The Kier molecular flexibility index (Phi) is 4.32. The van der Waals surface area contributed by atoms with E-state index >= 15 is 0 Å². The molecule has 4 nitrogen and oxygen atoms in total. The Morgan fingerprint density at radius 1 is 1.44 bits per heavy atom. The molecule has 0 saturated heterocycles. The SMILES string of the molecule is CSC1(CNc2cncc(OCC(C)C)n2)CC1. The van der Waals surface area contributed by atoms with Crippen molar-refractivity contribution in [1.82, 2.24) is 9.97 Å². The topological polar surface area (TPSA) is 47.0 Å². The van der Waals surface area contributed by atoms with Gasteiger partial charge in [0.05, 0.1) is 19.0 Å². The highest BCUT2D eigenvalue weighted by molar-refractivity contribution is 8.00. The van der Waals surface area contributed by atoms with E-state index in [1.54, 1.807) is 12.4 Å². The first-order valence-corrected chi connectivity index (χ1v) is 7.60. The summed E-state index contributed by atoms with van der Waals surface area (Å²) in [6.07, 6.45) is 8.16. The summed E-state index contributed by atoms with van der Waals surface area (Å²) in [4.78, 5) is 8.56. The number of hydrogen-bond donors (Lipinski definition) is 1. The summed E-state index contributed by atoms with van der Waals surface area (Å²) in [5.74, 6) is 1.90. The van der Waals surface area contributed by atoms with Crippen molar-refractivity contribution in [2.75, 3.05) is 24.7 Å². The summed E-state index contributed by atoms with van der Waals surface area (Å²) in [5, 5.41) is 3.35. The maximum Gasteiger partial charge on any atom is 0.234 e. The average Bonchev–Trinajstić information content (AvgIpc) is 3.15. The van der Waals surface area contributed by atoms with E-state index in [0.717, 1.165) is 12.4 Å². The molecule has 1 aromatic heterocycles. The molecular formula is C13H21N3OS. The molecule has 18 heavy (non-hydrogen) atoms. The van der Waals surface area contributed by atoms with E-state index in [-0.39, 0.29) is 0 Å². The van der Waals surface area contributed by atoms with Gasteiger partial charge in [0.2, 0.25) is 5.88 Å². The zero-order chi connectivity index (χ0) is 13.0. The van der Waals surface area contributed by atoms with Crippen molar-refractivity contribution in [2.45, 2.75) is 31.4 Å². The summed E-state index contributed by atoms with van der Waals surface area (Å²) in [5.41, 5.74) is 0. The minimum absolute atomic E-state index is 0.427. The van der Waals surface area contributed by atoms with Crippen molar-refractivity contribution >= 4 is 17.6 Å². The van der Waals surface area contributed by atoms with E-state index in [9.17, 15) is 0 Å². The van der Waals surface area contributed by atoms with Gasteiger partial charge in [-0.25, -0.2) is 0 Å². The fourth-order valence-electron chi connectivity index (χ4n) is 1.60. The number of nitrogens with one attached hydrogen (secondary N) is 1. The molecule has 1 saturated carbocycles. The van der Waals surface area contributed by atoms with Gasteiger partial charge in [0.25, 0.3) is 0 Å². The first-order chi connectivity index (χ1) is 8.63. The number of ether oxygens (including phenoxy) is 1. The lowest BCUT2D eigenvalue weighted by Crippen LogP contribution is -2.18. The highest BCUT2D eigenvalue weighted by atomic mass is 32.2. The van der Waals surface area contributed by atoms with Gasteiger partial charge in [-0.2, -0.15) is 16.7 Å². The van der Waals surface area contributed by atoms with Gasteiger partial charge >= 0.3 is 0 Å². The third-order valence-corrected chi connectivity index (χ3v) is 4.43. The third kappa shape index (κ3) is 3.77. The zero-order valence-electron chi connectivity index (χ0n) is 11.3. The lowest BCUT2D eigenvalue weighted by atomic mass is 10.2. The Balaban J connectivity index is 1.86. The van der Waals surface area contributed by atoms with E-state index in [1.807, 2.05) is 11.8 Å². The summed E-state index contributed by atoms with van der Waals surface area (Å²) < 4.78 is 5.99. The first-order valence-electron chi connectivity index (χ1n) is 6.37. The minimum atomic E-state index is 0.427. The van der Waals surface area contributed by atoms with Gasteiger partial charge < -0.3 is 10.1 Å². The zero-order valence-corrected chi connectivity index (χ0v) is 12.1. The van der Waals surface area contributed by atoms with Crippen molar-refractivity contribution in [3.8, 4) is 5.88 Å². The maximum absolute atomic E-state index is 5.56. The van der Waals surface area contributed by atoms with Crippen LogP contribution in [0.5, 0.6) is 5.88 Å². The first kappa shape index (κ1) is 13.5. The Morgan fingerprint density at radius 3 is 2.83 bits per heavy atom. The van der Waals surface area contributed by atoms with Gasteiger partial charge in [-0.3, -0.25) is 4.98 Å². The average molecular weight is 267 g/mol. The fourth-order valence-corrected chi connectivity index (χ4v) is 2.33. The third-order valence-electron chi connectivity index (χ3n) is 3.01. The quantitative estimate of drug-likeness (QED) is 0.823. The van der Waals surface area contributed by atoms with Crippen LogP contribution in [0.2, 0.25) is 0 Å². The van der Waals surface area contributed by atoms with Gasteiger partial charge in [-0.15, -0.1) is 0 Å². The van der Waals surface area contributed by atoms with Gasteiger partial charge in [-0.1, -0.05) is 13.8 Å². The van der Waals surface area contributed by atoms with Crippen LogP contribution in [0.15, 0.2) is 12.4 Å². The summed E-state index contributed by atoms with van der Waals surface area (Å²) >= 11 is 1.93. The molecule has 1 heterocycles. The number of thioether (sulfide) groups is 1. The van der Waals surface area contributed by atoms with E-state index < -0.39 is 0 Å². The molecule has 1 aliphatic rings. The van der Waals surface area contributed by atoms with E-state index in [1.165, 1.54) is 12.8 Å². The standard InChI is InChI=1S/C13H21N3OS/c1-10(2)8-17-12-7-14-6-11(16-12)15-9-13(18-3)4-5-13/h6-7,10H,4-5,8-9H2,1-3H3,(H,15,16). The highest BCUT2D eigenvalue weighted by Gasteiger charge is 2.41. The molecule has 0 radical (unpaired) electrons. The molecule has 2 rings (SSSR count). The molecule has 0 amide bonds. The van der Waals surface area contributed by atoms with Crippen LogP contribution in [-0.2, 0) is 0 Å². The second-order valence-electron chi connectivity index (χ2n) is 5.19. The molecule has 0 spiro atoms. The maximum atomic E-state index is 5.56. The van der Waals surface area contributed by atoms with Crippen LogP contribution < -0.4 is 10.1 Å². The van der Waals surface area contributed by atoms with E-state index in [4.69, 9.17) is 4.74 Å². The monoisotopic (exact) mass is 267 g/mol. The number of nitrogens with zero attached hydrogens (tertiary/aromatic N) is 2. The van der Waals surface area contributed by atoms with Crippen LogP contribution in [0.4, 0.5) is 5.82 Å². The van der Waals surface area contributed by atoms with Crippen molar-refractivity contribution in [1.29, 1.82) is 0 Å². The second-order valence-corrected chi connectivity index (χ2v) is 6.46. The molecular weight excluding hydrogens is 246 g/mol. The van der Waals surface area contributed by atoms with Gasteiger partial charge in [0.15, 0.2) is 0 Å². The largest absolute Gasteiger partial charge is 0.476 e. The van der Waals surface area contributed by atoms with Gasteiger partial charge in [0, 0.05) is 11.3 Å². The Hall–Kier alpha value is -0.970. The second kappa shape index (κ2) is 5.78. The summed E-state index contributed by atoms with van der Waals surface area (Å²) in [6.45, 7) is 5.86.